The molecule has 3 fully saturated rings. The van der Waals surface area contributed by atoms with Gasteiger partial charge in [0.1, 0.15) is 5.54 Å². The lowest BCUT2D eigenvalue weighted by atomic mass is 9.96. The number of hydrogen-bond donors (Lipinski definition) is 2. The van der Waals surface area contributed by atoms with E-state index >= 15 is 0 Å². The molecule has 0 aromatic heterocycles. The number of carbonyl (C=O) groups excluding carboxylic acids is 2. The second-order valence-corrected chi connectivity index (χ2v) is 11.1. The summed E-state index contributed by atoms with van der Waals surface area (Å²) in [7, 11) is -3.26. The van der Waals surface area contributed by atoms with E-state index in [1.807, 2.05) is 18.2 Å². The maximum absolute atomic E-state index is 13.1. The smallest absolute Gasteiger partial charge is 0.253 e. The number of carbonyl (C=O) groups is 2. The number of benzene rings is 2. The SMILES string of the molecule is O=C(c1ccc(-c2cccc(S(=O)(=O)C3CC3)c2)cc1)N1CCNC(=O)C2(COC2)NCC1. The van der Waals surface area contributed by atoms with Gasteiger partial charge in [0, 0.05) is 31.7 Å². The fourth-order valence-electron chi connectivity index (χ4n) is 4.25. The summed E-state index contributed by atoms with van der Waals surface area (Å²) in [6, 6.07) is 14.2. The molecule has 2 amide bonds. The summed E-state index contributed by atoms with van der Waals surface area (Å²) in [6.45, 7) is 2.48. The summed E-state index contributed by atoms with van der Waals surface area (Å²) in [5, 5.41) is 5.88. The summed E-state index contributed by atoms with van der Waals surface area (Å²) < 4.78 is 30.4. The van der Waals surface area contributed by atoms with Crippen LogP contribution in [0.4, 0.5) is 0 Å². The van der Waals surface area contributed by atoms with Crippen molar-refractivity contribution < 1.29 is 22.7 Å². The van der Waals surface area contributed by atoms with E-state index in [4.69, 9.17) is 4.74 Å². The van der Waals surface area contributed by atoms with Crippen LogP contribution in [0, 0.1) is 0 Å². The summed E-state index contributed by atoms with van der Waals surface area (Å²) in [5.41, 5.74) is 1.53. The fraction of sp³-hybridized carbons (Fsp3) is 0.417. The van der Waals surface area contributed by atoms with Gasteiger partial charge in [-0.2, -0.15) is 0 Å². The first-order valence-electron chi connectivity index (χ1n) is 11.2. The number of ether oxygens (including phenoxy) is 1. The third-order valence-corrected chi connectivity index (χ3v) is 8.78. The monoisotopic (exact) mass is 469 g/mol. The van der Waals surface area contributed by atoms with Crippen molar-refractivity contribution in [1.29, 1.82) is 0 Å². The first-order chi connectivity index (χ1) is 15.9. The largest absolute Gasteiger partial charge is 0.376 e. The zero-order chi connectivity index (χ0) is 23.1. The molecule has 9 heteroatoms. The summed E-state index contributed by atoms with van der Waals surface area (Å²) >= 11 is 0. The van der Waals surface area contributed by atoms with Gasteiger partial charge in [-0.15, -0.1) is 0 Å². The van der Waals surface area contributed by atoms with Crippen LogP contribution >= 0.6 is 0 Å². The molecule has 2 N–H and O–H groups in total. The molecule has 0 radical (unpaired) electrons. The van der Waals surface area contributed by atoms with Crippen molar-refractivity contribution in [3.8, 4) is 11.1 Å². The summed E-state index contributed by atoms with van der Waals surface area (Å²) in [5.74, 6) is -0.193. The van der Waals surface area contributed by atoms with Crippen molar-refractivity contribution >= 4 is 21.7 Å². The van der Waals surface area contributed by atoms with E-state index in [-0.39, 0.29) is 17.1 Å². The second kappa shape index (κ2) is 8.55. The average molecular weight is 470 g/mol. The number of sulfone groups is 1. The van der Waals surface area contributed by atoms with Crippen molar-refractivity contribution in [3.05, 3.63) is 54.1 Å². The number of nitrogens with one attached hydrogen (secondary N) is 2. The molecular weight excluding hydrogens is 442 g/mol. The van der Waals surface area contributed by atoms with Gasteiger partial charge < -0.3 is 15.0 Å². The molecule has 0 atom stereocenters. The first kappa shape index (κ1) is 22.1. The molecule has 2 aromatic carbocycles. The van der Waals surface area contributed by atoms with Crippen molar-refractivity contribution in [2.24, 2.45) is 0 Å². The summed E-state index contributed by atoms with van der Waals surface area (Å²) in [4.78, 5) is 27.6. The lowest BCUT2D eigenvalue weighted by Gasteiger charge is -2.40. The Morgan fingerprint density at radius 2 is 1.73 bits per heavy atom. The number of rotatable bonds is 4. The minimum atomic E-state index is -3.26. The number of nitrogens with zero attached hydrogens (tertiary/aromatic N) is 1. The van der Waals surface area contributed by atoms with Crippen LogP contribution in [0.2, 0.25) is 0 Å². The maximum atomic E-state index is 13.1. The molecule has 174 valence electrons. The highest BCUT2D eigenvalue weighted by molar-refractivity contribution is 7.92. The maximum Gasteiger partial charge on any atom is 0.253 e. The number of amides is 2. The molecule has 1 spiro atoms. The molecule has 2 aromatic rings. The molecule has 2 aliphatic heterocycles. The van der Waals surface area contributed by atoms with E-state index in [0.29, 0.717) is 49.9 Å². The first-order valence-corrected chi connectivity index (χ1v) is 12.8. The van der Waals surface area contributed by atoms with Crippen LogP contribution in [0.5, 0.6) is 0 Å². The standard InChI is InChI=1S/C24H27N3O5S/c28-22(27-12-10-25-23(29)24(15-32-16-24)26-11-13-27)18-6-4-17(5-7-18)19-2-1-3-21(14-19)33(30,31)20-8-9-20/h1-7,14,20,26H,8-13,15-16H2,(H,25,29). The quantitative estimate of drug-likeness (QED) is 0.698. The highest BCUT2D eigenvalue weighted by Crippen LogP contribution is 2.34. The van der Waals surface area contributed by atoms with E-state index < -0.39 is 15.4 Å². The van der Waals surface area contributed by atoms with E-state index in [1.54, 1.807) is 35.2 Å². The Morgan fingerprint density at radius 3 is 2.39 bits per heavy atom. The third kappa shape index (κ3) is 4.28. The van der Waals surface area contributed by atoms with Crippen molar-refractivity contribution in [3.63, 3.8) is 0 Å². The van der Waals surface area contributed by atoms with E-state index in [0.717, 1.165) is 24.0 Å². The Kier molecular flexibility index (Phi) is 5.72. The van der Waals surface area contributed by atoms with Crippen LogP contribution < -0.4 is 10.6 Å². The highest BCUT2D eigenvalue weighted by Gasteiger charge is 2.45. The molecule has 3 aliphatic rings. The zero-order valence-corrected chi connectivity index (χ0v) is 19.1. The number of hydrogen-bond acceptors (Lipinski definition) is 6. The lowest BCUT2D eigenvalue weighted by molar-refractivity contribution is -0.147. The van der Waals surface area contributed by atoms with Crippen LogP contribution in [0.1, 0.15) is 23.2 Å². The average Bonchev–Trinajstić information content (AvgIpc) is 3.64. The van der Waals surface area contributed by atoms with Crippen molar-refractivity contribution in [2.75, 3.05) is 39.4 Å². The van der Waals surface area contributed by atoms with Gasteiger partial charge in [-0.05, 0) is 48.2 Å². The van der Waals surface area contributed by atoms with Gasteiger partial charge in [-0.3, -0.25) is 14.9 Å². The molecule has 5 rings (SSSR count). The van der Waals surface area contributed by atoms with Gasteiger partial charge in [0.15, 0.2) is 9.84 Å². The molecule has 33 heavy (non-hydrogen) atoms. The molecule has 1 aliphatic carbocycles. The fourth-order valence-corrected chi connectivity index (χ4v) is 5.95. The topological polar surface area (TPSA) is 105 Å². The van der Waals surface area contributed by atoms with Crippen LogP contribution in [-0.2, 0) is 19.4 Å². The van der Waals surface area contributed by atoms with Crippen LogP contribution in [0.25, 0.3) is 11.1 Å². The van der Waals surface area contributed by atoms with Crippen LogP contribution in [-0.4, -0.2) is 75.3 Å². The zero-order valence-electron chi connectivity index (χ0n) is 18.2. The molecule has 2 saturated heterocycles. The van der Waals surface area contributed by atoms with Crippen LogP contribution in [0.3, 0.4) is 0 Å². The Balaban J connectivity index is 1.29. The van der Waals surface area contributed by atoms with E-state index in [9.17, 15) is 18.0 Å². The minimum absolute atomic E-state index is 0.0849. The molecule has 8 nitrogen and oxygen atoms in total. The van der Waals surface area contributed by atoms with Crippen LogP contribution in [0.15, 0.2) is 53.4 Å². The molecule has 1 saturated carbocycles. The predicted molar refractivity (Wildman–Crippen MR) is 123 cm³/mol. The molecular formula is C24H27N3O5S. The van der Waals surface area contributed by atoms with E-state index in [2.05, 4.69) is 10.6 Å². The Labute approximate surface area is 193 Å². The van der Waals surface area contributed by atoms with Gasteiger partial charge >= 0.3 is 0 Å². The minimum Gasteiger partial charge on any atom is -0.376 e. The Morgan fingerprint density at radius 1 is 1.00 bits per heavy atom. The third-order valence-electron chi connectivity index (χ3n) is 6.52. The van der Waals surface area contributed by atoms with Gasteiger partial charge in [0.2, 0.25) is 5.91 Å². The molecule has 0 unspecified atom stereocenters. The van der Waals surface area contributed by atoms with Crippen molar-refractivity contribution in [2.45, 2.75) is 28.5 Å². The van der Waals surface area contributed by atoms with E-state index in [1.165, 1.54) is 0 Å². The Hall–Kier alpha value is -2.75. The van der Waals surface area contributed by atoms with Gasteiger partial charge in [-0.25, -0.2) is 8.42 Å². The molecule has 2 heterocycles. The Bertz CT molecular complexity index is 1170. The molecule has 0 bridgehead atoms. The predicted octanol–water partition coefficient (Wildman–Crippen LogP) is 1.22. The normalized spacial score (nSPS) is 20.8. The van der Waals surface area contributed by atoms with Crippen molar-refractivity contribution in [1.82, 2.24) is 15.5 Å². The second-order valence-electron chi connectivity index (χ2n) is 8.90. The van der Waals surface area contributed by atoms with Gasteiger partial charge in [0.05, 0.1) is 23.4 Å². The lowest BCUT2D eigenvalue weighted by Crippen LogP contribution is -2.69. The van der Waals surface area contributed by atoms with Gasteiger partial charge in [0.25, 0.3) is 5.91 Å². The summed E-state index contributed by atoms with van der Waals surface area (Å²) in [6.07, 6.45) is 1.46. The highest BCUT2D eigenvalue weighted by atomic mass is 32.2. The van der Waals surface area contributed by atoms with Gasteiger partial charge in [-0.1, -0.05) is 24.3 Å².